The summed E-state index contributed by atoms with van der Waals surface area (Å²) in [6.45, 7) is 0. The summed E-state index contributed by atoms with van der Waals surface area (Å²) < 4.78 is 6.16. The zero-order chi connectivity index (χ0) is 13.2. The molecule has 0 bridgehead atoms. The Morgan fingerprint density at radius 1 is 1.21 bits per heavy atom. The average molecular weight is 318 g/mol. The van der Waals surface area contributed by atoms with Crippen molar-refractivity contribution in [2.75, 3.05) is 7.11 Å². The van der Waals surface area contributed by atoms with Gasteiger partial charge in [-0.1, -0.05) is 28.1 Å². The minimum absolute atomic E-state index is 0.577. The van der Waals surface area contributed by atoms with E-state index in [1.54, 1.807) is 7.11 Å². The fourth-order valence-electron chi connectivity index (χ4n) is 1.96. The monoisotopic (exact) mass is 317 g/mol. The van der Waals surface area contributed by atoms with Gasteiger partial charge >= 0.3 is 0 Å². The second kappa shape index (κ2) is 5.01. The SMILES string of the molecule is COc1ccc2[nH]c(Cc3cccc(Br)c3)nc2n1. The van der Waals surface area contributed by atoms with Crippen LogP contribution in [-0.4, -0.2) is 22.1 Å². The number of aromatic nitrogens is 3. The van der Waals surface area contributed by atoms with Crippen LogP contribution in [0.5, 0.6) is 5.88 Å². The predicted octanol–water partition coefficient (Wildman–Crippen LogP) is 3.32. The van der Waals surface area contributed by atoms with Gasteiger partial charge in [-0.3, -0.25) is 0 Å². The summed E-state index contributed by atoms with van der Waals surface area (Å²) in [5.41, 5.74) is 2.80. The van der Waals surface area contributed by atoms with Crippen molar-refractivity contribution in [3.8, 4) is 5.88 Å². The molecule has 0 spiro atoms. The Hall–Kier alpha value is -1.88. The molecule has 0 amide bonds. The molecule has 2 aromatic heterocycles. The number of nitrogens with zero attached hydrogens (tertiary/aromatic N) is 2. The lowest BCUT2D eigenvalue weighted by atomic mass is 10.1. The van der Waals surface area contributed by atoms with Gasteiger partial charge in [-0.15, -0.1) is 0 Å². The number of hydrogen-bond donors (Lipinski definition) is 1. The molecule has 0 radical (unpaired) electrons. The first-order valence-electron chi connectivity index (χ1n) is 5.88. The summed E-state index contributed by atoms with van der Waals surface area (Å²) in [5, 5.41) is 0. The average Bonchev–Trinajstić information content (AvgIpc) is 2.79. The van der Waals surface area contributed by atoms with Crippen molar-refractivity contribution in [2.45, 2.75) is 6.42 Å². The van der Waals surface area contributed by atoms with Crippen LogP contribution in [0.3, 0.4) is 0 Å². The normalized spacial score (nSPS) is 10.8. The third-order valence-corrected chi connectivity index (χ3v) is 3.33. The van der Waals surface area contributed by atoms with E-state index in [-0.39, 0.29) is 0 Å². The van der Waals surface area contributed by atoms with E-state index < -0.39 is 0 Å². The van der Waals surface area contributed by atoms with Gasteiger partial charge in [0.1, 0.15) is 5.82 Å². The number of nitrogens with one attached hydrogen (secondary N) is 1. The summed E-state index contributed by atoms with van der Waals surface area (Å²) >= 11 is 3.47. The fraction of sp³-hybridized carbons (Fsp3) is 0.143. The molecule has 5 heteroatoms. The maximum absolute atomic E-state index is 5.09. The zero-order valence-corrected chi connectivity index (χ0v) is 11.9. The van der Waals surface area contributed by atoms with E-state index in [0.717, 1.165) is 22.2 Å². The first kappa shape index (κ1) is 12.2. The van der Waals surface area contributed by atoms with Crippen LogP contribution >= 0.6 is 15.9 Å². The molecule has 3 rings (SSSR count). The van der Waals surface area contributed by atoms with Gasteiger partial charge in [-0.2, -0.15) is 4.98 Å². The molecule has 2 heterocycles. The zero-order valence-electron chi connectivity index (χ0n) is 10.4. The maximum atomic E-state index is 5.09. The van der Waals surface area contributed by atoms with E-state index in [0.29, 0.717) is 11.5 Å². The molecule has 0 fully saturated rings. The van der Waals surface area contributed by atoms with Gasteiger partial charge in [-0.25, -0.2) is 4.98 Å². The highest BCUT2D eigenvalue weighted by molar-refractivity contribution is 9.10. The van der Waals surface area contributed by atoms with E-state index in [4.69, 9.17) is 4.74 Å². The Morgan fingerprint density at radius 3 is 2.89 bits per heavy atom. The van der Waals surface area contributed by atoms with Crippen molar-refractivity contribution >= 4 is 27.1 Å². The quantitative estimate of drug-likeness (QED) is 0.806. The summed E-state index contributed by atoms with van der Waals surface area (Å²) in [6.07, 6.45) is 0.748. The molecule has 0 aliphatic heterocycles. The standard InChI is InChI=1S/C14H12BrN3O/c1-19-13-6-5-11-14(18-13)17-12(16-11)8-9-3-2-4-10(15)7-9/h2-7H,8H2,1H3,(H,16,17,18). The van der Waals surface area contributed by atoms with Gasteiger partial charge in [0.15, 0.2) is 5.65 Å². The number of methoxy groups -OCH3 is 1. The Kier molecular flexibility index (Phi) is 3.21. The summed E-state index contributed by atoms with van der Waals surface area (Å²) in [5.74, 6) is 1.47. The molecule has 1 aromatic carbocycles. The van der Waals surface area contributed by atoms with E-state index in [9.17, 15) is 0 Å². The van der Waals surface area contributed by atoms with Crippen molar-refractivity contribution < 1.29 is 4.74 Å². The predicted molar refractivity (Wildman–Crippen MR) is 77.4 cm³/mol. The largest absolute Gasteiger partial charge is 0.481 e. The molecule has 96 valence electrons. The van der Waals surface area contributed by atoms with Gasteiger partial charge < -0.3 is 9.72 Å². The summed E-state index contributed by atoms with van der Waals surface area (Å²) in [7, 11) is 1.60. The van der Waals surface area contributed by atoms with Crippen molar-refractivity contribution in [2.24, 2.45) is 0 Å². The van der Waals surface area contributed by atoms with Crippen LogP contribution in [0.2, 0.25) is 0 Å². The van der Waals surface area contributed by atoms with Crippen LogP contribution in [0.15, 0.2) is 40.9 Å². The van der Waals surface area contributed by atoms with Crippen molar-refractivity contribution in [1.82, 2.24) is 15.0 Å². The summed E-state index contributed by atoms with van der Waals surface area (Å²) in [4.78, 5) is 12.1. The molecule has 4 nitrogen and oxygen atoms in total. The van der Waals surface area contributed by atoms with Crippen LogP contribution in [0.1, 0.15) is 11.4 Å². The topological polar surface area (TPSA) is 50.8 Å². The third-order valence-electron chi connectivity index (χ3n) is 2.84. The highest BCUT2D eigenvalue weighted by atomic mass is 79.9. The Balaban J connectivity index is 1.93. The van der Waals surface area contributed by atoms with Crippen LogP contribution in [0.4, 0.5) is 0 Å². The van der Waals surface area contributed by atoms with Crippen LogP contribution in [0, 0.1) is 0 Å². The Labute approximate surface area is 119 Å². The lowest BCUT2D eigenvalue weighted by Gasteiger charge is -1.98. The molecular weight excluding hydrogens is 306 g/mol. The second-order valence-electron chi connectivity index (χ2n) is 4.21. The highest BCUT2D eigenvalue weighted by Crippen LogP contribution is 2.17. The van der Waals surface area contributed by atoms with Crippen LogP contribution in [-0.2, 0) is 6.42 Å². The first-order chi connectivity index (χ1) is 9.24. The maximum Gasteiger partial charge on any atom is 0.215 e. The van der Waals surface area contributed by atoms with Gasteiger partial charge in [0.05, 0.1) is 12.6 Å². The molecule has 0 aliphatic rings. The number of aromatic amines is 1. The molecule has 0 saturated carbocycles. The minimum Gasteiger partial charge on any atom is -0.481 e. The van der Waals surface area contributed by atoms with Crippen molar-refractivity contribution in [3.05, 3.63) is 52.3 Å². The number of H-pyrrole nitrogens is 1. The number of pyridine rings is 1. The van der Waals surface area contributed by atoms with Gasteiger partial charge in [0, 0.05) is 17.0 Å². The minimum atomic E-state index is 0.577. The highest BCUT2D eigenvalue weighted by Gasteiger charge is 2.06. The molecule has 0 saturated heterocycles. The van der Waals surface area contributed by atoms with E-state index in [2.05, 4.69) is 43.0 Å². The number of hydrogen-bond acceptors (Lipinski definition) is 3. The number of benzene rings is 1. The third kappa shape index (κ3) is 2.61. The van der Waals surface area contributed by atoms with Gasteiger partial charge in [0.2, 0.25) is 5.88 Å². The molecule has 1 N–H and O–H groups in total. The number of fused-ring (bicyclic) bond motifs is 1. The Morgan fingerprint density at radius 2 is 2.11 bits per heavy atom. The van der Waals surface area contributed by atoms with Crippen molar-refractivity contribution in [3.63, 3.8) is 0 Å². The lowest BCUT2D eigenvalue weighted by molar-refractivity contribution is 0.399. The summed E-state index contributed by atoms with van der Waals surface area (Å²) in [6, 6.07) is 11.9. The number of imidazole rings is 1. The van der Waals surface area contributed by atoms with Crippen LogP contribution < -0.4 is 4.74 Å². The second-order valence-corrected chi connectivity index (χ2v) is 5.13. The molecule has 0 atom stereocenters. The smallest absolute Gasteiger partial charge is 0.215 e. The number of ether oxygens (including phenoxy) is 1. The molecule has 0 aliphatic carbocycles. The number of halogens is 1. The van der Waals surface area contributed by atoms with Crippen molar-refractivity contribution in [1.29, 1.82) is 0 Å². The molecular formula is C14H12BrN3O. The van der Waals surface area contributed by atoms with E-state index in [1.807, 2.05) is 24.3 Å². The van der Waals surface area contributed by atoms with E-state index in [1.165, 1.54) is 5.56 Å². The molecule has 19 heavy (non-hydrogen) atoms. The van der Waals surface area contributed by atoms with Crippen LogP contribution in [0.25, 0.3) is 11.2 Å². The molecule has 0 unspecified atom stereocenters. The van der Waals surface area contributed by atoms with Gasteiger partial charge in [0.25, 0.3) is 0 Å². The van der Waals surface area contributed by atoms with E-state index >= 15 is 0 Å². The molecule has 3 aromatic rings. The first-order valence-corrected chi connectivity index (χ1v) is 6.68. The van der Waals surface area contributed by atoms with Gasteiger partial charge in [-0.05, 0) is 23.8 Å². The fourth-order valence-corrected chi connectivity index (χ4v) is 2.41. The number of rotatable bonds is 3. The lowest BCUT2D eigenvalue weighted by Crippen LogP contribution is -1.90. The Bertz CT molecular complexity index is 724.